The quantitative estimate of drug-likeness (QED) is 0.307. The number of hydrogen-bond acceptors (Lipinski definition) is 8. The molecular weight excluding hydrogens is 588 g/mol. The van der Waals surface area contributed by atoms with Gasteiger partial charge in [0.05, 0.1) is 11.9 Å². The number of hydrogen-bond donors (Lipinski definition) is 2. The zero-order chi connectivity index (χ0) is 29.5. The van der Waals surface area contributed by atoms with Crippen LogP contribution in [0.4, 0.5) is 32.2 Å². The standard InChI is InChI=1S/C19H19N5S2.2C2HF3O2/c1-9-25-13-15(1)12-22-5-7-23(8-6-22)18-19-21-11-17(16-2-10-26-14-16)24(19)4-3-20-18;2*3-2(4,5)1(6)7/h1-4,9-11,13-14H,5-8,12H2;2*(H,6,7). The van der Waals surface area contributed by atoms with Gasteiger partial charge in [-0.1, -0.05) is 0 Å². The molecule has 0 aromatic carbocycles. The second-order valence-electron chi connectivity index (χ2n) is 8.10. The fourth-order valence-electron chi connectivity index (χ4n) is 3.51. The van der Waals surface area contributed by atoms with Crippen LogP contribution in [-0.2, 0) is 16.1 Å². The number of nitrogens with zero attached hydrogens (tertiary/aromatic N) is 5. The molecule has 5 rings (SSSR count). The number of alkyl halides is 6. The van der Waals surface area contributed by atoms with Crippen molar-refractivity contribution in [2.45, 2.75) is 18.9 Å². The summed E-state index contributed by atoms with van der Waals surface area (Å²) in [6.07, 6.45) is -4.32. The van der Waals surface area contributed by atoms with Crippen LogP contribution in [0.25, 0.3) is 16.9 Å². The second kappa shape index (κ2) is 13.1. The molecule has 4 aromatic rings. The Labute approximate surface area is 230 Å². The smallest absolute Gasteiger partial charge is 0.475 e. The molecular formula is C23H21F6N5O4S2. The van der Waals surface area contributed by atoms with E-state index < -0.39 is 24.3 Å². The van der Waals surface area contributed by atoms with Gasteiger partial charge in [-0.3, -0.25) is 9.30 Å². The van der Waals surface area contributed by atoms with Crippen molar-refractivity contribution in [3.63, 3.8) is 0 Å². The van der Waals surface area contributed by atoms with E-state index in [1.165, 1.54) is 11.1 Å². The summed E-state index contributed by atoms with van der Waals surface area (Å²) in [5.74, 6) is -4.52. The molecule has 4 aromatic heterocycles. The Hall–Kier alpha value is -3.70. The number of piperazine rings is 1. The van der Waals surface area contributed by atoms with Crippen LogP contribution in [0.15, 0.2) is 52.2 Å². The highest BCUT2D eigenvalue weighted by Crippen LogP contribution is 2.27. The van der Waals surface area contributed by atoms with Gasteiger partial charge in [0.25, 0.3) is 0 Å². The van der Waals surface area contributed by atoms with Gasteiger partial charge in [0.1, 0.15) is 0 Å². The number of carbonyl (C=O) groups is 2. The molecule has 0 spiro atoms. The van der Waals surface area contributed by atoms with Crippen molar-refractivity contribution in [2.75, 3.05) is 31.1 Å². The maximum Gasteiger partial charge on any atom is 0.490 e. The van der Waals surface area contributed by atoms with Gasteiger partial charge in [-0.05, 0) is 33.8 Å². The molecule has 0 bridgehead atoms. The van der Waals surface area contributed by atoms with Gasteiger partial charge in [0.15, 0.2) is 11.5 Å². The van der Waals surface area contributed by atoms with Crippen molar-refractivity contribution in [1.29, 1.82) is 0 Å². The van der Waals surface area contributed by atoms with Gasteiger partial charge in [0, 0.05) is 56.1 Å². The van der Waals surface area contributed by atoms with E-state index in [2.05, 4.69) is 57.8 Å². The Morgan fingerprint density at radius 3 is 1.95 bits per heavy atom. The van der Waals surface area contributed by atoms with E-state index in [1.54, 1.807) is 22.7 Å². The van der Waals surface area contributed by atoms with Crippen LogP contribution >= 0.6 is 22.7 Å². The zero-order valence-electron chi connectivity index (χ0n) is 20.3. The van der Waals surface area contributed by atoms with E-state index in [-0.39, 0.29) is 0 Å². The van der Waals surface area contributed by atoms with Crippen molar-refractivity contribution in [2.24, 2.45) is 0 Å². The fraction of sp³-hybridized carbons (Fsp3) is 0.304. The maximum atomic E-state index is 10.6. The van der Waals surface area contributed by atoms with Crippen molar-refractivity contribution >= 4 is 46.1 Å². The zero-order valence-corrected chi connectivity index (χ0v) is 21.9. The first kappa shape index (κ1) is 30.8. The molecule has 5 heterocycles. The van der Waals surface area contributed by atoms with Gasteiger partial charge in [0.2, 0.25) is 0 Å². The van der Waals surface area contributed by atoms with Gasteiger partial charge >= 0.3 is 24.3 Å². The summed E-state index contributed by atoms with van der Waals surface area (Å²) >= 11 is 3.48. The summed E-state index contributed by atoms with van der Waals surface area (Å²) in [6.45, 7) is 5.11. The van der Waals surface area contributed by atoms with E-state index in [0.717, 1.165) is 49.9 Å². The maximum absolute atomic E-state index is 10.6. The number of rotatable bonds is 4. The summed E-state index contributed by atoms with van der Waals surface area (Å²) in [7, 11) is 0. The number of aliphatic carboxylic acids is 2. The van der Waals surface area contributed by atoms with Crippen molar-refractivity contribution in [3.05, 3.63) is 57.8 Å². The molecule has 0 unspecified atom stereocenters. The highest BCUT2D eigenvalue weighted by Gasteiger charge is 2.38. The molecule has 216 valence electrons. The van der Waals surface area contributed by atoms with Crippen molar-refractivity contribution in [3.8, 4) is 11.3 Å². The van der Waals surface area contributed by atoms with Crippen LogP contribution in [0, 0.1) is 0 Å². The molecule has 1 aliphatic rings. The number of carboxylic acid groups (broad SMARTS) is 2. The summed E-state index contributed by atoms with van der Waals surface area (Å²) in [6, 6.07) is 4.35. The van der Waals surface area contributed by atoms with Gasteiger partial charge in [-0.25, -0.2) is 19.6 Å². The molecule has 0 amide bonds. The predicted octanol–water partition coefficient (Wildman–Crippen LogP) is 5.11. The second-order valence-corrected chi connectivity index (χ2v) is 9.66. The van der Waals surface area contributed by atoms with E-state index in [4.69, 9.17) is 19.8 Å². The molecule has 2 N–H and O–H groups in total. The minimum atomic E-state index is -5.08. The van der Waals surface area contributed by atoms with E-state index in [9.17, 15) is 26.3 Å². The summed E-state index contributed by atoms with van der Waals surface area (Å²) in [5.41, 5.74) is 4.69. The first-order valence-corrected chi connectivity index (χ1v) is 13.1. The van der Waals surface area contributed by atoms with E-state index in [1.807, 2.05) is 18.6 Å². The largest absolute Gasteiger partial charge is 0.490 e. The topological polar surface area (TPSA) is 111 Å². The lowest BCUT2D eigenvalue weighted by Gasteiger charge is -2.35. The number of halogens is 6. The molecule has 0 saturated carbocycles. The summed E-state index contributed by atoms with van der Waals surface area (Å²) in [5, 5.41) is 22.9. The Morgan fingerprint density at radius 2 is 1.45 bits per heavy atom. The lowest BCUT2D eigenvalue weighted by Crippen LogP contribution is -2.46. The van der Waals surface area contributed by atoms with Crippen LogP contribution < -0.4 is 4.90 Å². The summed E-state index contributed by atoms with van der Waals surface area (Å²) < 4.78 is 65.6. The highest BCUT2D eigenvalue weighted by molar-refractivity contribution is 7.08. The Kier molecular flexibility index (Phi) is 10.1. The number of aromatic nitrogens is 3. The third-order valence-electron chi connectivity index (χ3n) is 5.37. The van der Waals surface area contributed by atoms with E-state index in [0.29, 0.717) is 0 Å². The Balaban J connectivity index is 0.000000263. The third-order valence-corrected chi connectivity index (χ3v) is 6.78. The number of fused-ring (bicyclic) bond motifs is 1. The molecule has 9 nitrogen and oxygen atoms in total. The first-order chi connectivity index (χ1) is 18.8. The van der Waals surface area contributed by atoms with Crippen LogP contribution in [0.2, 0.25) is 0 Å². The molecule has 1 fully saturated rings. The molecule has 0 radical (unpaired) electrons. The van der Waals surface area contributed by atoms with Gasteiger partial charge in [-0.2, -0.15) is 49.0 Å². The molecule has 0 aliphatic carbocycles. The Morgan fingerprint density at radius 1 is 0.875 bits per heavy atom. The molecule has 17 heteroatoms. The summed E-state index contributed by atoms with van der Waals surface area (Å²) in [4.78, 5) is 32.0. The van der Waals surface area contributed by atoms with Gasteiger partial charge < -0.3 is 15.1 Å². The first-order valence-electron chi connectivity index (χ1n) is 11.2. The van der Waals surface area contributed by atoms with Crippen LogP contribution in [0.3, 0.4) is 0 Å². The van der Waals surface area contributed by atoms with Crippen molar-refractivity contribution in [1.82, 2.24) is 19.3 Å². The van der Waals surface area contributed by atoms with Crippen LogP contribution in [0.1, 0.15) is 5.56 Å². The van der Waals surface area contributed by atoms with E-state index >= 15 is 0 Å². The van der Waals surface area contributed by atoms with Crippen LogP contribution in [-0.4, -0.2) is 80.0 Å². The average Bonchev–Trinajstić information content (AvgIpc) is 3.66. The fourth-order valence-corrected chi connectivity index (χ4v) is 4.82. The Bertz CT molecular complexity index is 1360. The predicted molar refractivity (Wildman–Crippen MR) is 135 cm³/mol. The molecule has 0 atom stereocenters. The SMILES string of the molecule is O=C(O)C(F)(F)F.O=C(O)C(F)(F)F.c1cn2c(-c3ccsc3)cnc2c(N2CCN(Cc3ccsc3)CC2)n1. The minimum Gasteiger partial charge on any atom is -0.475 e. The number of anilines is 1. The number of carboxylic acids is 2. The monoisotopic (exact) mass is 609 g/mol. The number of thiophene rings is 2. The minimum absolute atomic E-state index is 0.944. The molecule has 1 saturated heterocycles. The van der Waals surface area contributed by atoms with Crippen molar-refractivity contribution < 1.29 is 46.1 Å². The third kappa shape index (κ3) is 8.40. The lowest BCUT2D eigenvalue weighted by atomic mass is 10.2. The van der Waals surface area contributed by atoms with Gasteiger partial charge in [-0.15, -0.1) is 0 Å². The average molecular weight is 610 g/mol. The highest BCUT2D eigenvalue weighted by atomic mass is 32.1. The molecule has 40 heavy (non-hydrogen) atoms. The van der Waals surface area contributed by atoms with Crippen LogP contribution in [0.5, 0.6) is 0 Å². The lowest BCUT2D eigenvalue weighted by molar-refractivity contribution is -0.193. The number of imidazole rings is 1. The molecule has 1 aliphatic heterocycles. The normalized spacial score (nSPS) is 14.2.